The van der Waals surface area contributed by atoms with Gasteiger partial charge in [0, 0.05) is 11.3 Å². The van der Waals surface area contributed by atoms with Crippen LogP contribution in [-0.4, -0.2) is 25.6 Å². The highest BCUT2D eigenvalue weighted by Gasteiger charge is 2.10. The van der Waals surface area contributed by atoms with Crippen molar-refractivity contribution >= 4 is 33.5 Å². The summed E-state index contributed by atoms with van der Waals surface area (Å²) in [6, 6.07) is 11.6. The molecule has 0 spiro atoms. The third-order valence-corrected chi connectivity index (χ3v) is 3.69. The van der Waals surface area contributed by atoms with Crippen LogP contribution in [0.5, 0.6) is 5.75 Å². The number of hydrogen-bond acceptors (Lipinski definition) is 4. The second kappa shape index (κ2) is 7.78. The average molecular weight is 378 g/mol. The van der Waals surface area contributed by atoms with Crippen LogP contribution in [0.25, 0.3) is 0 Å². The Morgan fingerprint density at radius 1 is 1.09 bits per heavy atom. The van der Waals surface area contributed by atoms with Crippen molar-refractivity contribution in [3.05, 3.63) is 58.1 Å². The van der Waals surface area contributed by atoms with Crippen LogP contribution < -0.4 is 10.1 Å². The van der Waals surface area contributed by atoms with Gasteiger partial charge in [-0.25, -0.2) is 4.79 Å². The molecule has 0 saturated carbocycles. The van der Waals surface area contributed by atoms with E-state index in [0.717, 1.165) is 0 Å². The number of nitrogens with one attached hydrogen (secondary N) is 1. The molecule has 2 aromatic carbocycles. The predicted octanol–water partition coefficient (Wildman–Crippen LogP) is 3.89. The van der Waals surface area contributed by atoms with E-state index in [1.165, 1.54) is 0 Å². The first-order chi connectivity index (χ1) is 11.0. The minimum absolute atomic E-state index is 0.253. The predicted molar refractivity (Wildman–Crippen MR) is 91.0 cm³/mol. The van der Waals surface area contributed by atoms with E-state index in [1.54, 1.807) is 56.5 Å². The molecular formula is C17H16BrNO4. The van der Waals surface area contributed by atoms with E-state index >= 15 is 0 Å². The fourth-order valence-corrected chi connectivity index (χ4v) is 2.46. The Hall–Kier alpha value is -2.34. The van der Waals surface area contributed by atoms with E-state index in [-0.39, 0.29) is 11.9 Å². The number of anilines is 1. The summed E-state index contributed by atoms with van der Waals surface area (Å²) in [6.07, 6.45) is 0. The zero-order chi connectivity index (χ0) is 16.8. The van der Waals surface area contributed by atoms with Gasteiger partial charge in [0.05, 0.1) is 23.8 Å². The monoisotopic (exact) mass is 377 g/mol. The number of methoxy groups -OCH3 is 1. The number of esters is 1. The summed E-state index contributed by atoms with van der Waals surface area (Å²) in [7, 11) is 1.56. The molecule has 0 aromatic heterocycles. The smallest absolute Gasteiger partial charge is 0.338 e. The van der Waals surface area contributed by atoms with Crippen LogP contribution in [-0.2, 0) is 4.74 Å². The number of hydrogen-bond donors (Lipinski definition) is 1. The van der Waals surface area contributed by atoms with Gasteiger partial charge in [0.25, 0.3) is 5.91 Å². The summed E-state index contributed by atoms with van der Waals surface area (Å²) < 4.78 is 10.7. The molecule has 0 radical (unpaired) electrons. The number of ether oxygens (including phenoxy) is 2. The molecule has 0 bridgehead atoms. The number of halogens is 1. The molecular weight excluding hydrogens is 362 g/mol. The maximum Gasteiger partial charge on any atom is 0.338 e. The Balaban J connectivity index is 2.08. The van der Waals surface area contributed by atoms with Gasteiger partial charge in [-0.2, -0.15) is 0 Å². The minimum Gasteiger partial charge on any atom is -0.496 e. The Morgan fingerprint density at radius 3 is 2.30 bits per heavy atom. The van der Waals surface area contributed by atoms with Crippen LogP contribution in [0.3, 0.4) is 0 Å². The molecule has 0 aliphatic heterocycles. The zero-order valence-electron chi connectivity index (χ0n) is 12.8. The molecule has 0 unspecified atom stereocenters. The molecule has 23 heavy (non-hydrogen) atoms. The van der Waals surface area contributed by atoms with Crippen molar-refractivity contribution in [1.29, 1.82) is 0 Å². The minimum atomic E-state index is -0.385. The van der Waals surface area contributed by atoms with Gasteiger partial charge in [-0.05, 0) is 65.3 Å². The zero-order valence-corrected chi connectivity index (χ0v) is 14.3. The quantitative estimate of drug-likeness (QED) is 0.802. The molecule has 0 aliphatic rings. The SMILES string of the molecule is CCOC(=O)c1ccc(NC(=O)c2ccc(OC)c(Br)c2)cc1. The Bertz CT molecular complexity index is 713. The van der Waals surface area contributed by atoms with Gasteiger partial charge in [-0.1, -0.05) is 0 Å². The van der Waals surface area contributed by atoms with Crippen molar-refractivity contribution in [1.82, 2.24) is 0 Å². The first-order valence-electron chi connectivity index (χ1n) is 6.97. The lowest BCUT2D eigenvalue weighted by Gasteiger charge is -2.08. The van der Waals surface area contributed by atoms with Crippen LogP contribution in [0, 0.1) is 0 Å². The lowest BCUT2D eigenvalue weighted by Crippen LogP contribution is -2.12. The van der Waals surface area contributed by atoms with Crippen molar-refractivity contribution in [2.75, 3.05) is 19.0 Å². The molecule has 0 heterocycles. The summed E-state index contributed by atoms with van der Waals surface area (Å²) in [5, 5.41) is 2.77. The normalized spacial score (nSPS) is 10.0. The number of carbonyl (C=O) groups is 2. The van der Waals surface area contributed by atoms with Crippen LogP contribution in [0.4, 0.5) is 5.69 Å². The standard InChI is InChI=1S/C17H16BrNO4/c1-3-23-17(21)11-4-7-13(8-5-11)19-16(20)12-6-9-15(22-2)14(18)10-12/h4-10H,3H2,1-2H3,(H,19,20). The van der Waals surface area contributed by atoms with E-state index in [0.29, 0.717) is 33.6 Å². The molecule has 6 heteroatoms. The first-order valence-corrected chi connectivity index (χ1v) is 7.76. The summed E-state index contributed by atoms with van der Waals surface area (Å²) >= 11 is 3.34. The fourth-order valence-electron chi connectivity index (χ4n) is 1.91. The summed E-state index contributed by atoms with van der Waals surface area (Å²) in [5.74, 6) is 0.0158. The highest BCUT2D eigenvalue weighted by atomic mass is 79.9. The Kier molecular flexibility index (Phi) is 5.76. The Labute approximate surface area is 142 Å². The van der Waals surface area contributed by atoms with Crippen molar-refractivity contribution in [2.24, 2.45) is 0 Å². The Morgan fingerprint density at radius 2 is 1.74 bits per heavy atom. The molecule has 2 aromatic rings. The van der Waals surface area contributed by atoms with Crippen molar-refractivity contribution in [3.63, 3.8) is 0 Å². The average Bonchev–Trinajstić information content (AvgIpc) is 2.55. The lowest BCUT2D eigenvalue weighted by atomic mass is 10.1. The number of carbonyl (C=O) groups excluding carboxylic acids is 2. The van der Waals surface area contributed by atoms with Gasteiger partial charge in [-0.15, -0.1) is 0 Å². The molecule has 120 valence electrons. The maximum absolute atomic E-state index is 12.2. The summed E-state index contributed by atoms with van der Waals surface area (Å²) in [5.41, 5.74) is 1.53. The molecule has 0 fully saturated rings. The molecule has 0 saturated heterocycles. The molecule has 5 nitrogen and oxygen atoms in total. The highest BCUT2D eigenvalue weighted by Crippen LogP contribution is 2.26. The van der Waals surface area contributed by atoms with Crippen LogP contribution in [0.15, 0.2) is 46.9 Å². The molecule has 2 rings (SSSR count). The molecule has 1 amide bonds. The number of amides is 1. The van der Waals surface area contributed by atoms with Crippen LogP contribution >= 0.6 is 15.9 Å². The third kappa shape index (κ3) is 4.32. The maximum atomic E-state index is 12.2. The van der Waals surface area contributed by atoms with Gasteiger partial charge in [0.1, 0.15) is 5.75 Å². The van der Waals surface area contributed by atoms with E-state index in [2.05, 4.69) is 21.2 Å². The van der Waals surface area contributed by atoms with Crippen LogP contribution in [0.1, 0.15) is 27.6 Å². The third-order valence-electron chi connectivity index (χ3n) is 3.07. The summed E-state index contributed by atoms with van der Waals surface area (Å²) in [4.78, 5) is 23.8. The number of benzene rings is 2. The van der Waals surface area contributed by atoms with Gasteiger partial charge in [-0.3, -0.25) is 4.79 Å². The van der Waals surface area contributed by atoms with E-state index in [9.17, 15) is 9.59 Å². The van der Waals surface area contributed by atoms with Gasteiger partial charge in [0.2, 0.25) is 0 Å². The van der Waals surface area contributed by atoms with Gasteiger partial charge < -0.3 is 14.8 Å². The van der Waals surface area contributed by atoms with Crippen molar-refractivity contribution in [3.8, 4) is 5.75 Å². The van der Waals surface area contributed by atoms with E-state index in [4.69, 9.17) is 9.47 Å². The molecule has 1 N–H and O–H groups in total. The van der Waals surface area contributed by atoms with E-state index in [1.807, 2.05) is 0 Å². The largest absolute Gasteiger partial charge is 0.496 e. The highest BCUT2D eigenvalue weighted by molar-refractivity contribution is 9.10. The summed E-state index contributed by atoms with van der Waals surface area (Å²) in [6.45, 7) is 2.07. The molecule has 0 atom stereocenters. The molecule has 0 aliphatic carbocycles. The topological polar surface area (TPSA) is 64.6 Å². The van der Waals surface area contributed by atoms with Gasteiger partial charge >= 0.3 is 5.97 Å². The second-order valence-corrected chi connectivity index (χ2v) is 5.46. The van der Waals surface area contributed by atoms with Crippen LogP contribution in [0.2, 0.25) is 0 Å². The lowest BCUT2D eigenvalue weighted by molar-refractivity contribution is 0.0526. The number of rotatable bonds is 5. The fraction of sp³-hybridized carbons (Fsp3) is 0.176. The second-order valence-electron chi connectivity index (χ2n) is 4.60. The van der Waals surface area contributed by atoms with Crippen molar-refractivity contribution < 1.29 is 19.1 Å². The first kappa shape index (κ1) is 17.0. The van der Waals surface area contributed by atoms with Crippen molar-refractivity contribution in [2.45, 2.75) is 6.92 Å². The van der Waals surface area contributed by atoms with Gasteiger partial charge in [0.15, 0.2) is 0 Å². The van der Waals surface area contributed by atoms with E-state index < -0.39 is 0 Å².